The van der Waals surface area contributed by atoms with Crippen LogP contribution >= 0.6 is 45.5 Å². The minimum absolute atomic E-state index is 0.858. The normalized spacial score (nSPS) is 10.9. The number of halogens is 2. The van der Waals surface area contributed by atoms with Gasteiger partial charge >= 0.3 is 0 Å². The van der Waals surface area contributed by atoms with Crippen molar-refractivity contribution in [2.45, 2.75) is 6.92 Å². The van der Waals surface area contributed by atoms with Crippen molar-refractivity contribution in [1.82, 2.24) is 0 Å². The third kappa shape index (κ3) is 1.36. The van der Waals surface area contributed by atoms with Crippen LogP contribution in [0.2, 0.25) is 5.02 Å². The highest BCUT2D eigenvalue weighted by molar-refractivity contribution is 14.1. The fraction of sp³-hybridized carbons (Fsp3) is 0.111. The number of fused-ring (bicyclic) bond motifs is 1. The molecule has 0 amide bonds. The first-order valence-electron chi connectivity index (χ1n) is 3.52. The zero-order valence-electron chi connectivity index (χ0n) is 6.40. The predicted octanol–water partition coefficient (Wildman–Crippen LogP) is 4.47. The summed E-state index contributed by atoms with van der Waals surface area (Å²) in [7, 11) is 0. The standard InChI is InChI=1S/C9H6ClIS/c1-5-6-4-9(11)12-8(6)3-2-7(5)10/h2-4H,1H3. The van der Waals surface area contributed by atoms with Crippen molar-refractivity contribution in [1.29, 1.82) is 0 Å². The van der Waals surface area contributed by atoms with Gasteiger partial charge in [-0.2, -0.15) is 0 Å². The Morgan fingerprint density at radius 2 is 2.17 bits per heavy atom. The van der Waals surface area contributed by atoms with Crippen molar-refractivity contribution in [2.24, 2.45) is 0 Å². The number of thiophene rings is 1. The molecule has 0 atom stereocenters. The fourth-order valence-electron chi connectivity index (χ4n) is 1.19. The molecule has 1 aromatic heterocycles. The lowest BCUT2D eigenvalue weighted by molar-refractivity contribution is 1.54. The van der Waals surface area contributed by atoms with Crippen LogP contribution in [0, 0.1) is 9.81 Å². The molecule has 0 unspecified atom stereocenters. The number of benzene rings is 1. The molecule has 1 aromatic carbocycles. The molecule has 0 saturated heterocycles. The molecule has 0 aliphatic rings. The molecule has 2 aromatic rings. The van der Waals surface area contributed by atoms with Gasteiger partial charge in [0.2, 0.25) is 0 Å². The van der Waals surface area contributed by atoms with E-state index >= 15 is 0 Å². The average Bonchev–Trinajstić information content (AvgIpc) is 2.39. The maximum absolute atomic E-state index is 6.00. The van der Waals surface area contributed by atoms with Gasteiger partial charge in [0.05, 0.1) is 2.88 Å². The molecule has 12 heavy (non-hydrogen) atoms. The first-order valence-corrected chi connectivity index (χ1v) is 5.80. The van der Waals surface area contributed by atoms with Crippen LogP contribution in [0.1, 0.15) is 5.56 Å². The van der Waals surface area contributed by atoms with Crippen molar-refractivity contribution in [3.8, 4) is 0 Å². The summed E-state index contributed by atoms with van der Waals surface area (Å²) in [5.74, 6) is 0. The minimum atomic E-state index is 0.858. The van der Waals surface area contributed by atoms with E-state index in [-0.39, 0.29) is 0 Å². The second kappa shape index (κ2) is 3.16. The van der Waals surface area contributed by atoms with Gasteiger partial charge in [0, 0.05) is 9.72 Å². The molecule has 0 N–H and O–H groups in total. The van der Waals surface area contributed by atoms with Gasteiger partial charge in [0.1, 0.15) is 0 Å². The number of hydrogen-bond donors (Lipinski definition) is 0. The lowest BCUT2D eigenvalue weighted by atomic mass is 10.1. The number of aryl methyl sites for hydroxylation is 1. The van der Waals surface area contributed by atoms with Crippen LogP contribution in [-0.4, -0.2) is 0 Å². The van der Waals surface area contributed by atoms with E-state index < -0.39 is 0 Å². The fourth-order valence-corrected chi connectivity index (χ4v) is 3.23. The Kier molecular flexibility index (Phi) is 2.31. The molecule has 0 spiro atoms. The highest BCUT2D eigenvalue weighted by Crippen LogP contribution is 2.32. The predicted molar refractivity (Wildman–Crippen MR) is 64.3 cm³/mol. The second-order valence-electron chi connectivity index (χ2n) is 2.63. The van der Waals surface area contributed by atoms with E-state index in [0.717, 1.165) is 5.02 Å². The van der Waals surface area contributed by atoms with Gasteiger partial charge in [0.15, 0.2) is 0 Å². The highest BCUT2D eigenvalue weighted by Gasteiger charge is 2.04. The van der Waals surface area contributed by atoms with Crippen LogP contribution in [-0.2, 0) is 0 Å². The van der Waals surface area contributed by atoms with E-state index in [1.165, 1.54) is 18.5 Å². The van der Waals surface area contributed by atoms with Crippen molar-refractivity contribution in [3.05, 3.63) is 31.7 Å². The van der Waals surface area contributed by atoms with Gasteiger partial charge in [0.25, 0.3) is 0 Å². The Morgan fingerprint density at radius 3 is 2.92 bits per heavy atom. The third-order valence-electron chi connectivity index (χ3n) is 1.87. The van der Waals surface area contributed by atoms with Crippen molar-refractivity contribution >= 4 is 55.6 Å². The van der Waals surface area contributed by atoms with Crippen LogP contribution in [0.3, 0.4) is 0 Å². The number of rotatable bonds is 0. The highest BCUT2D eigenvalue weighted by atomic mass is 127. The summed E-state index contributed by atoms with van der Waals surface area (Å²) in [6.45, 7) is 2.06. The number of hydrogen-bond acceptors (Lipinski definition) is 1. The molecule has 62 valence electrons. The lowest BCUT2D eigenvalue weighted by Gasteiger charge is -1.97. The zero-order chi connectivity index (χ0) is 8.72. The van der Waals surface area contributed by atoms with E-state index in [9.17, 15) is 0 Å². The topological polar surface area (TPSA) is 0 Å². The lowest BCUT2D eigenvalue weighted by Crippen LogP contribution is -1.73. The first kappa shape index (κ1) is 8.78. The van der Waals surface area contributed by atoms with Crippen LogP contribution < -0.4 is 0 Å². The van der Waals surface area contributed by atoms with Gasteiger partial charge in [-0.1, -0.05) is 11.6 Å². The average molecular weight is 309 g/mol. The molecule has 0 aliphatic heterocycles. The molecule has 0 aliphatic carbocycles. The maximum Gasteiger partial charge on any atom is 0.0666 e. The largest absolute Gasteiger partial charge is 0.129 e. The zero-order valence-corrected chi connectivity index (χ0v) is 10.1. The SMILES string of the molecule is Cc1c(Cl)ccc2sc(I)cc12. The third-order valence-corrected chi connectivity index (χ3v) is 4.14. The first-order chi connectivity index (χ1) is 5.68. The molecule has 0 saturated carbocycles. The van der Waals surface area contributed by atoms with Gasteiger partial charge < -0.3 is 0 Å². The summed E-state index contributed by atoms with van der Waals surface area (Å²) in [5, 5.41) is 2.15. The van der Waals surface area contributed by atoms with Crippen molar-refractivity contribution in [3.63, 3.8) is 0 Å². The van der Waals surface area contributed by atoms with Gasteiger partial charge in [-0.25, -0.2) is 0 Å². The maximum atomic E-state index is 6.00. The molecule has 0 bridgehead atoms. The Bertz CT molecular complexity index is 433. The van der Waals surface area contributed by atoms with Gasteiger partial charge in [-0.15, -0.1) is 11.3 Å². The molecule has 2 rings (SSSR count). The quantitative estimate of drug-likeness (QED) is 0.630. The van der Waals surface area contributed by atoms with Gasteiger partial charge in [-0.05, 0) is 58.7 Å². The van der Waals surface area contributed by atoms with E-state index in [4.69, 9.17) is 11.6 Å². The van der Waals surface area contributed by atoms with E-state index in [1.54, 1.807) is 11.3 Å². The Morgan fingerprint density at radius 1 is 1.42 bits per heavy atom. The van der Waals surface area contributed by atoms with Crippen molar-refractivity contribution < 1.29 is 0 Å². The molecule has 0 nitrogen and oxygen atoms in total. The Labute approximate surface area is 93.7 Å². The van der Waals surface area contributed by atoms with Crippen LogP contribution in [0.4, 0.5) is 0 Å². The molecule has 0 radical (unpaired) electrons. The monoisotopic (exact) mass is 308 g/mol. The molecule has 0 fully saturated rings. The Balaban J connectivity index is 2.89. The summed E-state index contributed by atoms with van der Waals surface area (Å²) in [5.41, 5.74) is 1.19. The van der Waals surface area contributed by atoms with Crippen molar-refractivity contribution in [2.75, 3.05) is 0 Å². The van der Waals surface area contributed by atoms with E-state index in [2.05, 4.69) is 41.6 Å². The van der Waals surface area contributed by atoms with Crippen LogP contribution in [0.25, 0.3) is 10.1 Å². The van der Waals surface area contributed by atoms with E-state index in [0.29, 0.717) is 0 Å². The summed E-state index contributed by atoms with van der Waals surface area (Å²) < 4.78 is 2.63. The van der Waals surface area contributed by atoms with E-state index in [1.807, 2.05) is 6.07 Å². The second-order valence-corrected chi connectivity index (χ2v) is 6.02. The van der Waals surface area contributed by atoms with Gasteiger partial charge in [-0.3, -0.25) is 0 Å². The Hall–Kier alpha value is 0.200. The molecular formula is C9H6ClIS. The van der Waals surface area contributed by atoms with Crippen LogP contribution in [0.15, 0.2) is 18.2 Å². The summed E-state index contributed by atoms with van der Waals surface area (Å²) in [4.78, 5) is 0. The minimum Gasteiger partial charge on any atom is -0.129 e. The van der Waals surface area contributed by atoms with Crippen LogP contribution in [0.5, 0.6) is 0 Å². The molecule has 3 heteroatoms. The summed E-state index contributed by atoms with van der Waals surface area (Å²) in [6.07, 6.45) is 0. The summed E-state index contributed by atoms with van der Waals surface area (Å²) >= 11 is 10.1. The molecule has 1 heterocycles. The smallest absolute Gasteiger partial charge is 0.0666 e. The summed E-state index contributed by atoms with van der Waals surface area (Å²) in [6, 6.07) is 6.23. The molecular weight excluding hydrogens is 303 g/mol.